The Morgan fingerprint density at radius 1 is 1.29 bits per heavy atom. The molecule has 3 heteroatoms. The second-order valence-corrected chi connectivity index (χ2v) is 6.21. The summed E-state index contributed by atoms with van der Waals surface area (Å²) in [5.74, 6) is 0.969. The summed E-state index contributed by atoms with van der Waals surface area (Å²) >= 11 is 0. The molecule has 0 aromatic rings. The number of rotatable bonds is 5. The Balaban J connectivity index is 2.17. The third-order valence-electron chi connectivity index (χ3n) is 3.46. The smallest absolute Gasteiger partial charge is 0.221 e. The Hall–Kier alpha value is -0.570. The molecule has 3 nitrogen and oxygen atoms in total. The first-order valence-corrected chi connectivity index (χ1v) is 6.97. The summed E-state index contributed by atoms with van der Waals surface area (Å²) in [6.07, 6.45) is 5.81. The summed E-state index contributed by atoms with van der Waals surface area (Å²) in [6.45, 7) is 9.12. The minimum absolute atomic E-state index is 0.115. The molecule has 1 rings (SSSR count). The minimum Gasteiger partial charge on any atom is -0.351 e. The van der Waals surface area contributed by atoms with Crippen molar-refractivity contribution >= 4 is 5.91 Å². The average Bonchev–Trinajstić information content (AvgIpc) is 2.62. The highest BCUT2D eigenvalue weighted by molar-refractivity contribution is 5.76. The van der Waals surface area contributed by atoms with Gasteiger partial charge in [-0.1, -0.05) is 19.8 Å². The molecule has 0 heterocycles. The molecule has 0 aromatic carbocycles. The average molecular weight is 240 g/mol. The zero-order valence-corrected chi connectivity index (χ0v) is 11.8. The van der Waals surface area contributed by atoms with Crippen LogP contribution >= 0.6 is 0 Å². The van der Waals surface area contributed by atoms with Crippen molar-refractivity contribution in [2.24, 2.45) is 5.92 Å². The van der Waals surface area contributed by atoms with Crippen LogP contribution in [0.5, 0.6) is 0 Å². The van der Waals surface area contributed by atoms with Gasteiger partial charge in [0.15, 0.2) is 0 Å². The molecule has 0 radical (unpaired) electrons. The van der Waals surface area contributed by atoms with Crippen molar-refractivity contribution < 1.29 is 4.79 Å². The van der Waals surface area contributed by atoms with Gasteiger partial charge in [0.25, 0.3) is 0 Å². The number of nitrogens with one attached hydrogen (secondary N) is 2. The van der Waals surface area contributed by atoms with Gasteiger partial charge >= 0.3 is 0 Å². The van der Waals surface area contributed by atoms with Gasteiger partial charge in [0.1, 0.15) is 0 Å². The summed E-state index contributed by atoms with van der Waals surface area (Å²) in [6, 6.07) is 0.641. The molecule has 1 aliphatic rings. The topological polar surface area (TPSA) is 41.1 Å². The van der Waals surface area contributed by atoms with Crippen molar-refractivity contribution in [1.82, 2.24) is 10.6 Å². The molecule has 1 amide bonds. The van der Waals surface area contributed by atoms with Crippen molar-refractivity contribution in [3.8, 4) is 0 Å². The third-order valence-corrected chi connectivity index (χ3v) is 3.46. The van der Waals surface area contributed by atoms with Crippen LogP contribution in [0.3, 0.4) is 0 Å². The fourth-order valence-electron chi connectivity index (χ4n) is 2.65. The first kappa shape index (κ1) is 14.5. The lowest BCUT2D eigenvalue weighted by Crippen LogP contribution is -2.42. The summed E-state index contributed by atoms with van der Waals surface area (Å²) in [4.78, 5) is 11.6. The summed E-state index contributed by atoms with van der Waals surface area (Å²) in [5, 5.41) is 6.53. The van der Waals surface area contributed by atoms with E-state index < -0.39 is 0 Å². The second kappa shape index (κ2) is 6.39. The molecule has 100 valence electrons. The Bertz CT molecular complexity index is 245. The van der Waals surface area contributed by atoms with Crippen LogP contribution in [0.4, 0.5) is 0 Å². The molecule has 17 heavy (non-hydrogen) atoms. The van der Waals surface area contributed by atoms with Crippen molar-refractivity contribution in [3.05, 3.63) is 0 Å². The van der Waals surface area contributed by atoms with E-state index >= 15 is 0 Å². The zero-order chi connectivity index (χ0) is 12.9. The highest BCUT2D eigenvalue weighted by atomic mass is 16.1. The van der Waals surface area contributed by atoms with Gasteiger partial charge in [-0.05, 0) is 39.5 Å². The summed E-state index contributed by atoms with van der Waals surface area (Å²) in [5.41, 5.74) is -0.115. The van der Waals surface area contributed by atoms with Crippen LogP contribution in [0.15, 0.2) is 0 Å². The Morgan fingerprint density at radius 2 is 2.00 bits per heavy atom. The molecule has 2 atom stereocenters. The van der Waals surface area contributed by atoms with Crippen molar-refractivity contribution in [2.75, 3.05) is 6.54 Å². The van der Waals surface area contributed by atoms with Crippen molar-refractivity contribution in [3.63, 3.8) is 0 Å². The van der Waals surface area contributed by atoms with Gasteiger partial charge in [-0.15, -0.1) is 0 Å². The van der Waals surface area contributed by atoms with Crippen LogP contribution in [-0.4, -0.2) is 24.0 Å². The van der Waals surface area contributed by atoms with Gasteiger partial charge < -0.3 is 10.6 Å². The van der Waals surface area contributed by atoms with Crippen LogP contribution in [0.25, 0.3) is 0 Å². The van der Waals surface area contributed by atoms with Crippen LogP contribution in [0, 0.1) is 5.92 Å². The van der Waals surface area contributed by atoms with Crippen molar-refractivity contribution in [1.29, 1.82) is 0 Å². The Labute approximate surface area is 106 Å². The quantitative estimate of drug-likeness (QED) is 0.775. The largest absolute Gasteiger partial charge is 0.351 e. The van der Waals surface area contributed by atoms with Gasteiger partial charge in [0.2, 0.25) is 5.91 Å². The molecule has 0 bridgehead atoms. The van der Waals surface area contributed by atoms with E-state index in [0.717, 1.165) is 12.5 Å². The van der Waals surface area contributed by atoms with E-state index in [4.69, 9.17) is 0 Å². The molecule has 2 unspecified atom stereocenters. The fraction of sp³-hybridized carbons (Fsp3) is 0.929. The van der Waals surface area contributed by atoms with Gasteiger partial charge in [-0.2, -0.15) is 0 Å². The first-order valence-electron chi connectivity index (χ1n) is 6.97. The molecular weight excluding hydrogens is 212 g/mol. The lowest BCUT2D eigenvalue weighted by Gasteiger charge is -2.22. The predicted octanol–water partition coefficient (Wildman–Crippen LogP) is 2.46. The van der Waals surface area contributed by atoms with Gasteiger partial charge in [0.05, 0.1) is 0 Å². The number of carbonyl (C=O) groups is 1. The molecule has 1 saturated carbocycles. The summed E-state index contributed by atoms with van der Waals surface area (Å²) in [7, 11) is 0. The highest BCUT2D eigenvalue weighted by Gasteiger charge is 2.25. The monoisotopic (exact) mass is 240 g/mol. The van der Waals surface area contributed by atoms with Crippen LogP contribution < -0.4 is 10.6 Å². The van der Waals surface area contributed by atoms with E-state index in [1.54, 1.807) is 0 Å². The molecule has 1 aliphatic carbocycles. The first-order chi connectivity index (χ1) is 7.92. The zero-order valence-electron chi connectivity index (χ0n) is 11.8. The lowest BCUT2D eigenvalue weighted by atomic mass is 10.0. The maximum absolute atomic E-state index is 11.6. The molecule has 0 spiro atoms. The molecule has 0 aromatic heterocycles. The van der Waals surface area contributed by atoms with E-state index in [2.05, 4.69) is 17.6 Å². The highest BCUT2D eigenvalue weighted by Crippen LogP contribution is 2.27. The molecular formula is C14H28N2O. The van der Waals surface area contributed by atoms with E-state index in [1.165, 1.54) is 25.7 Å². The van der Waals surface area contributed by atoms with E-state index in [9.17, 15) is 4.79 Å². The Morgan fingerprint density at radius 3 is 2.59 bits per heavy atom. The van der Waals surface area contributed by atoms with Crippen LogP contribution in [-0.2, 0) is 4.79 Å². The number of hydrogen-bond acceptors (Lipinski definition) is 2. The molecule has 0 saturated heterocycles. The normalized spacial score (nSPS) is 24.9. The maximum Gasteiger partial charge on any atom is 0.221 e. The van der Waals surface area contributed by atoms with Gasteiger partial charge in [-0.3, -0.25) is 4.79 Å². The standard InChI is InChI=1S/C14H28N2O/c1-5-11-7-6-8-12(11)15-10-9-13(17)16-14(2,3)4/h11-12,15H,5-10H2,1-4H3,(H,16,17). The lowest BCUT2D eigenvalue weighted by molar-refractivity contribution is -0.122. The van der Waals surface area contributed by atoms with Crippen molar-refractivity contribution in [2.45, 2.75) is 71.4 Å². The second-order valence-electron chi connectivity index (χ2n) is 6.21. The number of amides is 1. The number of hydrogen-bond donors (Lipinski definition) is 2. The molecule has 0 aliphatic heterocycles. The van der Waals surface area contributed by atoms with Gasteiger partial charge in [0, 0.05) is 24.5 Å². The van der Waals surface area contributed by atoms with E-state index in [0.29, 0.717) is 12.5 Å². The molecule has 1 fully saturated rings. The third kappa shape index (κ3) is 5.53. The SMILES string of the molecule is CCC1CCCC1NCCC(=O)NC(C)(C)C. The van der Waals surface area contributed by atoms with Crippen LogP contribution in [0.1, 0.15) is 59.8 Å². The molecule has 2 N–H and O–H groups in total. The Kier molecular flexibility index (Phi) is 5.44. The maximum atomic E-state index is 11.6. The van der Waals surface area contributed by atoms with Crippen LogP contribution in [0.2, 0.25) is 0 Å². The van der Waals surface area contributed by atoms with Gasteiger partial charge in [-0.25, -0.2) is 0 Å². The minimum atomic E-state index is -0.115. The summed E-state index contributed by atoms with van der Waals surface area (Å²) < 4.78 is 0. The van der Waals surface area contributed by atoms with E-state index in [-0.39, 0.29) is 11.4 Å². The number of carbonyl (C=O) groups excluding carboxylic acids is 1. The predicted molar refractivity (Wildman–Crippen MR) is 71.9 cm³/mol. The fourth-order valence-corrected chi connectivity index (χ4v) is 2.65. The van der Waals surface area contributed by atoms with E-state index in [1.807, 2.05) is 20.8 Å².